The van der Waals surface area contributed by atoms with Gasteiger partial charge in [0.25, 0.3) is 0 Å². The molecular formula is C12H27N3O2S. The third-order valence-corrected chi connectivity index (χ3v) is 5.22. The summed E-state index contributed by atoms with van der Waals surface area (Å²) in [5.74, 6) is 0.198. The van der Waals surface area contributed by atoms with Crippen LogP contribution in [0.2, 0.25) is 0 Å². The van der Waals surface area contributed by atoms with Crippen molar-refractivity contribution in [2.75, 3.05) is 52.1 Å². The quantitative estimate of drug-likeness (QED) is 0.618. The second-order valence-corrected chi connectivity index (χ2v) is 7.13. The number of sulfonamides is 1. The largest absolute Gasteiger partial charge is 0.316 e. The van der Waals surface area contributed by atoms with Gasteiger partial charge in [-0.25, -0.2) is 12.7 Å². The summed E-state index contributed by atoms with van der Waals surface area (Å²) in [6.07, 6.45) is 3.53. The van der Waals surface area contributed by atoms with E-state index in [1.807, 2.05) is 0 Å². The van der Waals surface area contributed by atoms with E-state index in [9.17, 15) is 8.42 Å². The predicted molar refractivity (Wildman–Crippen MR) is 75.3 cm³/mol. The first kappa shape index (κ1) is 15.9. The number of hydrogen-bond acceptors (Lipinski definition) is 4. The van der Waals surface area contributed by atoms with E-state index in [0.29, 0.717) is 13.1 Å². The van der Waals surface area contributed by atoms with E-state index >= 15 is 0 Å². The Morgan fingerprint density at radius 2 is 1.89 bits per heavy atom. The molecule has 0 atom stereocenters. The van der Waals surface area contributed by atoms with Gasteiger partial charge < -0.3 is 10.2 Å². The molecule has 0 aromatic carbocycles. The SMILES string of the molecule is CCCNCCS(=O)(=O)N(C)CCN1CCCC1. The maximum atomic E-state index is 12.0. The van der Waals surface area contributed by atoms with Crippen LogP contribution < -0.4 is 5.32 Å². The van der Waals surface area contributed by atoms with Gasteiger partial charge in [0.1, 0.15) is 0 Å². The molecule has 1 saturated heterocycles. The van der Waals surface area contributed by atoms with Crippen molar-refractivity contribution >= 4 is 10.0 Å². The van der Waals surface area contributed by atoms with Crippen LogP contribution in [0.25, 0.3) is 0 Å². The second-order valence-electron chi connectivity index (χ2n) is 4.94. The average molecular weight is 277 g/mol. The standard InChI is InChI=1S/C12H27N3O2S/c1-3-6-13-7-12-18(16,17)14(2)10-11-15-8-4-5-9-15/h13H,3-12H2,1-2H3. The van der Waals surface area contributed by atoms with Gasteiger partial charge in [-0.1, -0.05) is 6.92 Å². The first-order valence-electron chi connectivity index (χ1n) is 6.93. The fourth-order valence-corrected chi connectivity index (χ4v) is 3.16. The first-order chi connectivity index (χ1) is 8.56. The lowest BCUT2D eigenvalue weighted by Gasteiger charge is -2.21. The lowest BCUT2D eigenvalue weighted by Crippen LogP contribution is -2.38. The zero-order chi connectivity index (χ0) is 13.4. The molecule has 1 fully saturated rings. The normalized spacial score (nSPS) is 17.7. The Morgan fingerprint density at radius 1 is 1.22 bits per heavy atom. The molecule has 0 spiro atoms. The Labute approximate surface area is 112 Å². The van der Waals surface area contributed by atoms with Gasteiger partial charge in [-0.2, -0.15) is 0 Å². The molecule has 0 radical (unpaired) electrons. The van der Waals surface area contributed by atoms with Gasteiger partial charge >= 0.3 is 0 Å². The highest BCUT2D eigenvalue weighted by molar-refractivity contribution is 7.89. The van der Waals surface area contributed by atoms with Gasteiger partial charge in [0, 0.05) is 26.7 Å². The highest BCUT2D eigenvalue weighted by Crippen LogP contribution is 2.07. The van der Waals surface area contributed by atoms with E-state index in [1.54, 1.807) is 7.05 Å². The average Bonchev–Trinajstić information content (AvgIpc) is 2.84. The number of nitrogens with zero attached hydrogens (tertiary/aromatic N) is 2. The lowest BCUT2D eigenvalue weighted by atomic mass is 10.4. The van der Waals surface area contributed by atoms with Crippen molar-refractivity contribution in [3.8, 4) is 0 Å². The summed E-state index contributed by atoms with van der Waals surface area (Å²) < 4.78 is 25.4. The van der Waals surface area contributed by atoms with Gasteiger partial charge in [-0.05, 0) is 38.9 Å². The molecule has 5 nitrogen and oxygen atoms in total. The molecule has 1 heterocycles. The third kappa shape index (κ3) is 5.65. The summed E-state index contributed by atoms with van der Waals surface area (Å²) in [6, 6.07) is 0. The van der Waals surface area contributed by atoms with E-state index < -0.39 is 10.0 Å². The van der Waals surface area contributed by atoms with Crippen molar-refractivity contribution in [1.82, 2.24) is 14.5 Å². The Morgan fingerprint density at radius 3 is 2.50 bits per heavy atom. The number of likely N-dealkylation sites (N-methyl/N-ethyl adjacent to an activating group) is 1. The molecule has 1 rings (SSSR count). The van der Waals surface area contributed by atoms with E-state index in [2.05, 4.69) is 17.1 Å². The van der Waals surface area contributed by atoms with E-state index in [0.717, 1.165) is 32.6 Å². The molecule has 18 heavy (non-hydrogen) atoms. The van der Waals surface area contributed by atoms with Gasteiger partial charge in [0.15, 0.2) is 0 Å². The van der Waals surface area contributed by atoms with Crippen molar-refractivity contribution in [3.05, 3.63) is 0 Å². The van der Waals surface area contributed by atoms with Gasteiger partial charge in [-0.15, -0.1) is 0 Å². The zero-order valence-corrected chi connectivity index (χ0v) is 12.5. The smallest absolute Gasteiger partial charge is 0.215 e. The van der Waals surface area contributed by atoms with Crippen molar-refractivity contribution in [2.24, 2.45) is 0 Å². The second kappa shape index (κ2) is 8.09. The molecule has 1 aliphatic heterocycles. The molecule has 0 aromatic rings. The van der Waals surface area contributed by atoms with Crippen molar-refractivity contribution < 1.29 is 8.42 Å². The van der Waals surface area contributed by atoms with Crippen molar-refractivity contribution in [2.45, 2.75) is 26.2 Å². The number of likely N-dealkylation sites (tertiary alicyclic amines) is 1. The van der Waals surface area contributed by atoms with E-state index in [1.165, 1.54) is 17.1 Å². The fraction of sp³-hybridized carbons (Fsp3) is 1.00. The van der Waals surface area contributed by atoms with Crippen LogP contribution >= 0.6 is 0 Å². The molecule has 0 amide bonds. The Bertz CT molecular complexity index is 313. The van der Waals surface area contributed by atoms with Gasteiger partial charge in [-0.3, -0.25) is 0 Å². The molecular weight excluding hydrogens is 250 g/mol. The minimum Gasteiger partial charge on any atom is -0.316 e. The highest BCUT2D eigenvalue weighted by atomic mass is 32.2. The van der Waals surface area contributed by atoms with Gasteiger partial charge in [0.2, 0.25) is 10.0 Å². The minimum absolute atomic E-state index is 0.198. The summed E-state index contributed by atoms with van der Waals surface area (Å²) >= 11 is 0. The van der Waals surface area contributed by atoms with Gasteiger partial charge in [0.05, 0.1) is 5.75 Å². The summed E-state index contributed by atoms with van der Waals surface area (Å²) in [5, 5.41) is 3.13. The van der Waals surface area contributed by atoms with Crippen molar-refractivity contribution in [3.63, 3.8) is 0 Å². The predicted octanol–water partition coefficient (Wildman–Crippen LogP) is 0.343. The van der Waals surface area contributed by atoms with Crippen LogP contribution in [0, 0.1) is 0 Å². The molecule has 0 aromatic heterocycles. The number of rotatable bonds is 9. The van der Waals surface area contributed by atoms with Crippen LogP contribution in [0.3, 0.4) is 0 Å². The van der Waals surface area contributed by atoms with E-state index in [-0.39, 0.29) is 5.75 Å². The van der Waals surface area contributed by atoms with Crippen LogP contribution in [0.1, 0.15) is 26.2 Å². The molecule has 1 aliphatic rings. The third-order valence-electron chi connectivity index (χ3n) is 3.37. The molecule has 0 unspecified atom stereocenters. The maximum absolute atomic E-state index is 12.0. The molecule has 0 saturated carbocycles. The molecule has 108 valence electrons. The summed E-state index contributed by atoms with van der Waals surface area (Å²) in [4.78, 5) is 2.33. The van der Waals surface area contributed by atoms with Crippen LogP contribution in [-0.4, -0.2) is 69.7 Å². The number of hydrogen-bond donors (Lipinski definition) is 1. The van der Waals surface area contributed by atoms with Crippen LogP contribution in [0.5, 0.6) is 0 Å². The molecule has 0 aliphatic carbocycles. The summed E-state index contributed by atoms with van der Waals surface area (Å²) in [5.41, 5.74) is 0. The molecule has 1 N–H and O–H groups in total. The van der Waals surface area contributed by atoms with Crippen molar-refractivity contribution in [1.29, 1.82) is 0 Å². The summed E-state index contributed by atoms with van der Waals surface area (Å²) in [7, 11) is -1.40. The Hall–Kier alpha value is -0.170. The summed E-state index contributed by atoms with van der Waals surface area (Å²) in [6.45, 7) is 7.20. The monoisotopic (exact) mass is 277 g/mol. The van der Waals surface area contributed by atoms with Crippen LogP contribution in [0.4, 0.5) is 0 Å². The fourth-order valence-electron chi connectivity index (χ4n) is 2.09. The maximum Gasteiger partial charge on any atom is 0.215 e. The van der Waals surface area contributed by atoms with E-state index in [4.69, 9.17) is 0 Å². The zero-order valence-electron chi connectivity index (χ0n) is 11.7. The highest BCUT2D eigenvalue weighted by Gasteiger charge is 2.19. The van der Waals surface area contributed by atoms with Crippen LogP contribution in [-0.2, 0) is 10.0 Å². The number of nitrogens with one attached hydrogen (secondary N) is 1. The minimum atomic E-state index is -3.09. The molecule has 6 heteroatoms. The van der Waals surface area contributed by atoms with Crippen LogP contribution in [0.15, 0.2) is 0 Å². The lowest BCUT2D eigenvalue weighted by molar-refractivity contribution is 0.310. The Balaban J connectivity index is 2.22. The Kier molecular flexibility index (Phi) is 7.14. The first-order valence-corrected chi connectivity index (χ1v) is 8.54. The topological polar surface area (TPSA) is 52.7 Å². The molecule has 0 bridgehead atoms.